The van der Waals surface area contributed by atoms with Crippen molar-refractivity contribution >= 4 is 12.4 Å². The summed E-state index contributed by atoms with van der Waals surface area (Å²) in [6.45, 7) is 1.60. The first-order valence-corrected chi connectivity index (χ1v) is 5.76. The average Bonchev–Trinajstić information content (AvgIpc) is 3.13. The van der Waals surface area contributed by atoms with Crippen LogP contribution < -0.4 is 0 Å². The Bertz CT molecular complexity index is 485. The molecule has 2 rings (SSSR count). The van der Waals surface area contributed by atoms with E-state index in [2.05, 4.69) is 0 Å². The lowest BCUT2D eigenvalue weighted by Crippen LogP contribution is -2.34. The molecule has 5 heteroatoms. The summed E-state index contributed by atoms with van der Waals surface area (Å²) in [5.74, 6) is -1.60. The molecule has 1 N–H and O–H groups in total. The first-order valence-electron chi connectivity index (χ1n) is 5.76. The Morgan fingerprint density at radius 1 is 1.56 bits per heavy atom. The van der Waals surface area contributed by atoms with Gasteiger partial charge in [0.1, 0.15) is 5.82 Å². The number of nitrogens with zero attached hydrogens (tertiary/aromatic N) is 1. The van der Waals surface area contributed by atoms with Gasteiger partial charge in [0.15, 0.2) is 6.04 Å². The van der Waals surface area contributed by atoms with Gasteiger partial charge in [-0.2, -0.15) is 0 Å². The highest BCUT2D eigenvalue weighted by molar-refractivity contribution is 5.78. The van der Waals surface area contributed by atoms with Gasteiger partial charge in [-0.15, -0.1) is 0 Å². The molecular formula is C13H14FNO3. The summed E-state index contributed by atoms with van der Waals surface area (Å²) in [6, 6.07) is 3.12. The van der Waals surface area contributed by atoms with Gasteiger partial charge in [-0.25, -0.2) is 9.18 Å². The van der Waals surface area contributed by atoms with E-state index in [1.54, 1.807) is 13.0 Å². The van der Waals surface area contributed by atoms with E-state index in [9.17, 15) is 19.1 Å². The second kappa shape index (κ2) is 4.76. The van der Waals surface area contributed by atoms with Crippen molar-refractivity contribution in [2.24, 2.45) is 0 Å². The highest BCUT2D eigenvalue weighted by Crippen LogP contribution is 2.33. The lowest BCUT2D eigenvalue weighted by molar-refractivity contribution is -0.147. The summed E-state index contributed by atoms with van der Waals surface area (Å²) in [5, 5.41) is 9.24. The molecule has 1 atom stereocenters. The molecule has 18 heavy (non-hydrogen) atoms. The van der Waals surface area contributed by atoms with Crippen molar-refractivity contribution in [2.45, 2.75) is 31.8 Å². The van der Waals surface area contributed by atoms with Crippen LogP contribution in [0.4, 0.5) is 4.39 Å². The monoisotopic (exact) mass is 251 g/mol. The quantitative estimate of drug-likeness (QED) is 0.813. The van der Waals surface area contributed by atoms with E-state index in [1.807, 2.05) is 0 Å². The average molecular weight is 251 g/mol. The molecule has 1 fully saturated rings. The summed E-state index contributed by atoms with van der Waals surface area (Å²) in [5.41, 5.74) is 0.747. The molecule has 4 nitrogen and oxygen atoms in total. The summed E-state index contributed by atoms with van der Waals surface area (Å²) >= 11 is 0. The van der Waals surface area contributed by atoms with Crippen molar-refractivity contribution in [1.29, 1.82) is 0 Å². The molecule has 0 heterocycles. The number of carbonyl (C=O) groups is 2. The van der Waals surface area contributed by atoms with Crippen LogP contribution in [0.5, 0.6) is 0 Å². The van der Waals surface area contributed by atoms with E-state index in [0.29, 0.717) is 17.5 Å². The van der Waals surface area contributed by atoms with Crippen LogP contribution in [0.25, 0.3) is 0 Å². The molecule has 1 aromatic rings. The Labute approximate surface area is 104 Å². The lowest BCUT2D eigenvalue weighted by Gasteiger charge is -2.25. The number of rotatable bonds is 5. The van der Waals surface area contributed by atoms with Gasteiger partial charge in [-0.05, 0) is 37.0 Å². The van der Waals surface area contributed by atoms with Crippen LogP contribution in [0.3, 0.4) is 0 Å². The molecule has 0 aromatic heterocycles. The Kier molecular flexibility index (Phi) is 3.32. The first-order chi connectivity index (χ1) is 8.54. The molecule has 96 valence electrons. The molecule has 0 bridgehead atoms. The Morgan fingerprint density at radius 2 is 2.22 bits per heavy atom. The summed E-state index contributed by atoms with van der Waals surface area (Å²) in [7, 11) is 0. The number of hydrogen-bond acceptors (Lipinski definition) is 2. The first kappa shape index (κ1) is 12.5. The summed E-state index contributed by atoms with van der Waals surface area (Å²) in [6.07, 6.45) is 2.14. The molecule has 1 saturated carbocycles. The zero-order chi connectivity index (χ0) is 13.3. The smallest absolute Gasteiger partial charge is 0.331 e. The number of carboxylic acids is 1. The van der Waals surface area contributed by atoms with Gasteiger partial charge in [-0.1, -0.05) is 12.1 Å². The number of aliphatic carboxylic acids is 1. The standard InChI is InChI=1S/C13H14FNO3/c1-8-2-3-9(6-11(8)14)12(13(17)18)15(7-16)10-4-5-10/h2-3,6-7,10,12H,4-5H2,1H3,(H,17,18). The van der Waals surface area contributed by atoms with Crippen LogP contribution in [0.2, 0.25) is 0 Å². The number of aryl methyl sites for hydroxylation is 1. The molecular weight excluding hydrogens is 237 g/mol. The predicted molar refractivity (Wildman–Crippen MR) is 62.4 cm³/mol. The summed E-state index contributed by atoms with van der Waals surface area (Å²) < 4.78 is 13.5. The van der Waals surface area contributed by atoms with Crippen LogP contribution in [0.15, 0.2) is 18.2 Å². The molecule has 0 spiro atoms. The third-order valence-corrected chi connectivity index (χ3v) is 3.13. The third kappa shape index (κ3) is 2.34. The zero-order valence-electron chi connectivity index (χ0n) is 9.97. The minimum atomic E-state index is -1.14. The van der Waals surface area contributed by atoms with Crippen molar-refractivity contribution in [3.05, 3.63) is 35.1 Å². The van der Waals surface area contributed by atoms with Crippen molar-refractivity contribution < 1.29 is 19.1 Å². The maximum absolute atomic E-state index is 13.5. The molecule has 1 aliphatic carbocycles. The van der Waals surface area contributed by atoms with Gasteiger partial charge in [0.2, 0.25) is 6.41 Å². The van der Waals surface area contributed by atoms with Crippen LogP contribution >= 0.6 is 0 Å². The van der Waals surface area contributed by atoms with E-state index in [0.717, 1.165) is 12.8 Å². The fraction of sp³-hybridized carbons (Fsp3) is 0.385. The normalized spacial score (nSPS) is 16.1. The lowest BCUT2D eigenvalue weighted by atomic mass is 10.0. The molecule has 0 aliphatic heterocycles. The summed E-state index contributed by atoms with van der Waals surface area (Å²) in [4.78, 5) is 23.6. The third-order valence-electron chi connectivity index (χ3n) is 3.13. The molecule has 1 unspecified atom stereocenters. The van der Waals surface area contributed by atoms with E-state index in [-0.39, 0.29) is 6.04 Å². The van der Waals surface area contributed by atoms with Gasteiger partial charge < -0.3 is 10.0 Å². The van der Waals surface area contributed by atoms with Gasteiger partial charge in [0.05, 0.1) is 0 Å². The predicted octanol–water partition coefficient (Wildman–Crippen LogP) is 1.88. The second-order valence-electron chi connectivity index (χ2n) is 4.53. The van der Waals surface area contributed by atoms with Crippen LogP contribution in [-0.4, -0.2) is 28.4 Å². The number of hydrogen-bond donors (Lipinski definition) is 1. The SMILES string of the molecule is Cc1ccc(C(C(=O)O)N(C=O)C2CC2)cc1F. The molecule has 0 radical (unpaired) electrons. The van der Waals surface area contributed by atoms with E-state index >= 15 is 0 Å². The van der Waals surface area contributed by atoms with Crippen molar-refractivity contribution in [2.75, 3.05) is 0 Å². The zero-order valence-corrected chi connectivity index (χ0v) is 9.97. The van der Waals surface area contributed by atoms with Crippen molar-refractivity contribution in [3.63, 3.8) is 0 Å². The topological polar surface area (TPSA) is 57.6 Å². The number of halogens is 1. The largest absolute Gasteiger partial charge is 0.479 e. The highest BCUT2D eigenvalue weighted by atomic mass is 19.1. The Hall–Kier alpha value is -1.91. The van der Waals surface area contributed by atoms with Crippen LogP contribution in [0.1, 0.15) is 30.0 Å². The van der Waals surface area contributed by atoms with E-state index in [1.165, 1.54) is 17.0 Å². The Balaban J connectivity index is 2.36. The molecule has 1 aliphatic rings. The van der Waals surface area contributed by atoms with Crippen LogP contribution in [0, 0.1) is 12.7 Å². The molecule has 1 amide bonds. The number of carbonyl (C=O) groups excluding carboxylic acids is 1. The fourth-order valence-corrected chi connectivity index (χ4v) is 1.95. The minimum absolute atomic E-state index is 0.0343. The van der Waals surface area contributed by atoms with E-state index < -0.39 is 17.8 Å². The molecule has 1 aromatic carbocycles. The number of carboxylic acid groups (broad SMARTS) is 1. The highest BCUT2D eigenvalue weighted by Gasteiger charge is 2.37. The molecule has 0 saturated heterocycles. The fourth-order valence-electron chi connectivity index (χ4n) is 1.95. The van der Waals surface area contributed by atoms with Gasteiger partial charge in [-0.3, -0.25) is 4.79 Å². The Morgan fingerprint density at radius 3 is 2.67 bits per heavy atom. The van der Waals surface area contributed by atoms with Crippen LogP contribution in [-0.2, 0) is 9.59 Å². The maximum atomic E-state index is 13.5. The van der Waals surface area contributed by atoms with Gasteiger partial charge in [0.25, 0.3) is 0 Å². The van der Waals surface area contributed by atoms with E-state index in [4.69, 9.17) is 0 Å². The van der Waals surface area contributed by atoms with Gasteiger partial charge >= 0.3 is 5.97 Å². The number of benzene rings is 1. The second-order valence-corrected chi connectivity index (χ2v) is 4.53. The van der Waals surface area contributed by atoms with Crippen molar-refractivity contribution in [1.82, 2.24) is 4.90 Å². The van der Waals surface area contributed by atoms with Crippen molar-refractivity contribution in [3.8, 4) is 0 Å². The maximum Gasteiger partial charge on any atom is 0.331 e. The minimum Gasteiger partial charge on any atom is -0.479 e. The number of amides is 1. The van der Waals surface area contributed by atoms with Gasteiger partial charge in [0, 0.05) is 6.04 Å².